The molecule has 1 atom stereocenters. The topological polar surface area (TPSA) is 21.7 Å². The average Bonchev–Trinajstić information content (AvgIpc) is 3.10. The van der Waals surface area contributed by atoms with Crippen molar-refractivity contribution < 1.29 is 13.9 Å². The van der Waals surface area contributed by atoms with Crippen molar-refractivity contribution >= 4 is 5.69 Å². The minimum absolute atomic E-state index is 0.0273. The molecule has 0 saturated carbocycles. The lowest BCUT2D eigenvalue weighted by Gasteiger charge is -2.23. The van der Waals surface area contributed by atoms with E-state index in [9.17, 15) is 4.39 Å². The molecule has 0 amide bonds. The Morgan fingerprint density at radius 3 is 2.56 bits per heavy atom. The lowest BCUT2D eigenvalue weighted by Crippen LogP contribution is -2.31. The minimum atomic E-state index is -0.254. The monoisotopic (exact) mass is 363 g/mol. The summed E-state index contributed by atoms with van der Waals surface area (Å²) >= 11 is 0. The fourth-order valence-corrected chi connectivity index (χ4v) is 3.66. The maximum Gasteiger partial charge on any atom is 0.131 e. The van der Waals surface area contributed by atoms with Crippen molar-refractivity contribution in [3.63, 3.8) is 0 Å². The van der Waals surface area contributed by atoms with Crippen LogP contribution in [0, 0.1) is 5.82 Å². The third-order valence-electron chi connectivity index (χ3n) is 4.93. The Bertz CT molecular complexity index is 942. The van der Waals surface area contributed by atoms with Crippen LogP contribution in [-0.4, -0.2) is 26.8 Å². The first-order chi connectivity index (χ1) is 13.2. The average molecular weight is 363 g/mol. The number of methoxy groups -OCH3 is 1. The van der Waals surface area contributed by atoms with E-state index >= 15 is 0 Å². The molecule has 1 unspecified atom stereocenters. The van der Waals surface area contributed by atoms with Crippen molar-refractivity contribution in [2.75, 3.05) is 25.6 Å². The second-order valence-electron chi connectivity index (χ2n) is 6.80. The number of para-hydroxylation sites is 2. The van der Waals surface area contributed by atoms with E-state index in [2.05, 4.69) is 17.0 Å². The fourth-order valence-electron chi connectivity index (χ4n) is 3.66. The van der Waals surface area contributed by atoms with E-state index < -0.39 is 0 Å². The van der Waals surface area contributed by atoms with Crippen LogP contribution in [0.15, 0.2) is 66.7 Å². The highest BCUT2D eigenvalue weighted by Gasteiger charge is 2.28. The molecule has 138 valence electrons. The van der Waals surface area contributed by atoms with E-state index in [1.165, 1.54) is 6.07 Å². The van der Waals surface area contributed by atoms with Gasteiger partial charge in [-0.25, -0.2) is 4.39 Å². The summed E-state index contributed by atoms with van der Waals surface area (Å²) in [7, 11) is 3.67. The van der Waals surface area contributed by atoms with Gasteiger partial charge in [0.15, 0.2) is 0 Å². The van der Waals surface area contributed by atoms with Crippen molar-refractivity contribution in [2.45, 2.75) is 12.5 Å². The molecule has 3 nitrogen and oxygen atoms in total. The second kappa shape index (κ2) is 7.31. The van der Waals surface area contributed by atoms with Crippen molar-refractivity contribution in [1.29, 1.82) is 0 Å². The number of ether oxygens (including phenoxy) is 2. The number of hydrogen-bond donors (Lipinski definition) is 0. The largest absolute Gasteiger partial charge is 0.496 e. The van der Waals surface area contributed by atoms with E-state index in [1.807, 2.05) is 49.5 Å². The van der Waals surface area contributed by atoms with Gasteiger partial charge in [-0.1, -0.05) is 36.4 Å². The van der Waals surface area contributed by atoms with E-state index in [0.717, 1.165) is 34.7 Å². The molecule has 0 spiro atoms. The zero-order chi connectivity index (χ0) is 18.8. The molecule has 4 rings (SSSR count). The Balaban J connectivity index is 1.62. The maximum absolute atomic E-state index is 14.3. The van der Waals surface area contributed by atoms with Gasteiger partial charge in [0.05, 0.1) is 13.7 Å². The standard InChI is InChI=1S/C23H22FNO2/c1-25(18-8-4-3-5-9-18)15-19-13-16-12-17(24)14-21(23(16)27-19)20-10-6-7-11-22(20)26-2/h3-12,14,19H,13,15H2,1-2H3. The van der Waals surface area contributed by atoms with E-state index in [4.69, 9.17) is 9.47 Å². The van der Waals surface area contributed by atoms with Gasteiger partial charge in [0.2, 0.25) is 0 Å². The number of hydrogen-bond acceptors (Lipinski definition) is 3. The molecule has 3 aromatic rings. The van der Waals surface area contributed by atoms with Gasteiger partial charge in [0, 0.05) is 35.8 Å². The molecule has 0 fully saturated rings. The van der Waals surface area contributed by atoms with Crippen LogP contribution in [0.3, 0.4) is 0 Å². The summed E-state index contributed by atoms with van der Waals surface area (Å²) in [6.45, 7) is 0.728. The molecule has 1 aliphatic heterocycles. The normalized spacial score (nSPS) is 15.1. The first-order valence-electron chi connectivity index (χ1n) is 9.04. The van der Waals surface area contributed by atoms with E-state index in [1.54, 1.807) is 13.2 Å². The number of halogens is 1. The summed E-state index contributed by atoms with van der Waals surface area (Å²) in [5, 5.41) is 0. The molecule has 4 heteroatoms. The third kappa shape index (κ3) is 3.47. The molecular weight excluding hydrogens is 341 g/mol. The van der Waals surface area contributed by atoms with Crippen LogP contribution in [-0.2, 0) is 6.42 Å². The Kier molecular flexibility index (Phi) is 4.71. The van der Waals surface area contributed by atoms with E-state index in [0.29, 0.717) is 12.2 Å². The van der Waals surface area contributed by atoms with Crippen molar-refractivity contribution in [2.24, 2.45) is 0 Å². The molecule has 0 aliphatic carbocycles. The van der Waals surface area contributed by atoms with Crippen LogP contribution >= 0.6 is 0 Å². The third-order valence-corrected chi connectivity index (χ3v) is 4.93. The molecular formula is C23H22FNO2. The number of anilines is 1. The predicted octanol–water partition coefficient (Wildman–Crippen LogP) is 4.94. The fraction of sp³-hybridized carbons (Fsp3) is 0.217. The molecule has 27 heavy (non-hydrogen) atoms. The van der Waals surface area contributed by atoms with Gasteiger partial charge in [-0.3, -0.25) is 0 Å². The molecule has 0 saturated heterocycles. The lowest BCUT2D eigenvalue weighted by atomic mass is 9.99. The van der Waals surface area contributed by atoms with Crippen LogP contribution in [0.2, 0.25) is 0 Å². The summed E-state index contributed by atoms with van der Waals surface area (Å²) in [6.07, 6.45) is 0.660. The van der Waals surface area contributed by atoms with Crippen LogP contribution in [0.5, 0.6) is 11.5 Å². The highest BCUT2D eigenvalue weighted by atomic mass is 19.1. The van der Waals surface area contributed by atoms with Gasteiger partial charge < -0.3 is 14.4 Å². The van der Waals surface area contributed by atoms with Crippen molar-refractivity contribution in [1.82, 2.24) is 0 Å². The van der Waals surface area contributed by atoms with Gasteiger partial charge in [0.25, 0.3) is 0 Å². The van der Waals surface area contributed by atoms with Crippen LogP contribution in [0.25, 0.3) is 11.1 Å². The quantitative estimate of drug-likeness (QED) is 0.641. The Morgan fingerprint density at radius 2 is 1.78 bits per heavy atom. The molecule has 0 radical (unpaired) electrons. The van der Waals surface area contributed by atoms with Gasteiger partial charge in [-0.05, 0) is 30.3 Å². The smallest absolute Gasteiger partial charge is 0.131 e. The molecule has 0 bridgehead atoms. The van der Waals surface area contributed by atoms with Crippen LogP contribution < -0.4 is 14.4 Å². The first-order valence-corrected chi connectivity index (χ1v) is 9.04. The Morgan fingerprint density at radius 1 is 1.04 bits per heavy atom. The predicted molar refractivity (Wildman–Crippen MR) is 106 cm³/mol. The highest BCUT2D eigenvalue weighted by Crippen LogP contribution is 2.43. The number of likely N-dealkylation sites (N-methyl/N-ethyl adjacent to an activating group) is 1. The van der Waals surface area contributed by atoms with Crippen molar-refractivity contribution in [3.05, 3.63) is 78.1 Å². The Labute approximate surface area is 159 Å². The van der Waals surface area contributed by atoms with Crippen molar-refractivity contribution in [3.8, 4) is 22.6 Å². The van der Waals surface area contributed by atoms with Crippen LogP contribution in [0.1, 0.15) is 5.56 Å². The number of nitrogens with zero attached hydrogens (tertiary/aromatic N) is 1. The zero-order valence-electron chi connectivity index (χ0n) is 15.5. The van der Waals surface area contributed by atoms with Crippen LogP contribution in [0.4, 0.5) is 10.1 Å². The minimum Gasteiger partial charge on any atom is -0.496 e. The summed E-state index contributed by atoms with van der Waals surface area (Å²) < 4.78 is 26.0. The molecule has 3 aromatic carbocycles. The molecule has 1 aliphatic rings. The number of rotatable bonds is 5. The maximum atomic E-state index is 14.3. The summed E-state index contributed by atoms with van der Waals surface area (Å²) in [5.41, 5.74) is 3.62. The zero-order valence-corrected chi connectivity index (χ0v) is 15.5. The number of benzene rings is 3. The molecule has 0 aromatic heterocycles. The van der Waals surface area contributed by atoms with Gasteiger partial charge in [0.1, 0.15) is 23.4 Å². The number of fused-ring (bicyclic) bond motifs is 1. The molecule has 0 N–H and O–H groups in total. The van der Waals surface area contributed by atoms with Gasteiger partial charge >= 0.3 is 0 Å². The molecule has 1 heterocycles. The van der Waals surface area contributed by atoms with E-state index in [-0.39, 0.29) is 11.9 Å². The highest BCUT2D eigenvalue weighted by molar-refractivity contribution is 5.78. The van der Waals surface area contributed by atoms with Gasteiger partial charge in [-0.2, -0.15) is 0 Å². The van der Waals surface area contributed by atoms with Gasteiger partial charge in [-0.15, -0.1) is 0 Å². The second-order valence-corrected chi connectivity index (χ2v) is 6.80. The first kappa shape index (κ1) is 17.4. The Hall–Kier alpha value is -3.01. The summed E-state index contributed by atoms with van der Waals surface area (Å²) in [6, 6.07) is 20.9. The summed E-state index contributed by atoms with van der Waals surface area (Å²) in [5.74, 6) is 1.21. The SMILES string of the molecule is COc1ccccc1-c1cc(F)cc2c1OC(CN(C)c1ccccc1)C2. The summed E-state index contributed by atoms with van der Waals surface area (Å²) in [4.78, 5) is 2.16. The lowest BCUT2D eigenvalue weighted by molar-refractivity contribution is 0.240.